The number of hydrogen-bond acceptors (Lipinski definition) is 2. The van der Waals surface area contributed by atoms with Gasteiger partial charge in [0.2, 0.25) is 0 Å². The molecule has 0 radical (unpaired) electrons. The van der Waals surface area contributed by atoms with Crippen LogP contribution in [-0.4, -0.2) is 4.98 Å². The molecule has 13 heavy (non-hydrogen) atoms. The Kier molecular flexibility index (Phi) is 2.88. The van der Waals surface area contributed by atoms with Crippen molar-refractivity contribution in [3.63, 3.8) is 0 Å². The molecule has 68 valence electrons. The van der Waals surface area contributed by atoms with Crippen LogP contribution in [0.3, 0.4) is 0 Å². The summed E-state index contributed by atoms with van der Waals surface area (Å²) in [6.07, 6.45) is -1.99. The summed E-state index contributed by atoms with van der Waals surface area (Å²) in [6, 6.07) is 1.38. The highest BCUT2D eigenvalue weighted by Crippen LogP contribution is 2.29. The maximum absolute atomic E-state index is 13.0. The molecule has 0 spiro atoms. The third kappa shape index (κ3) is 1.80. The Labute approximate surface area is 80.1 Å². The molecule has 0 aliphatic carbocycles. The van der Waals surface area contributed by atoms with Crippen molar-refractivity contribution in [2.45, 2.75) is 6.43 Å². The van der Waals surface area contributed by atoms with Gasteiger partial charge in [-0.05, 0) is 15.9 Å². The highest BCUT2D eigenvalue weighted by Gasteiger charge is 2.20. The summed E-state index contributed by atoms with van der Waals surface area (Å²) in [5.41, 5.74) is -1.45. The minimum absolute atomic E-state index is 0.140. The van der Waals surface area contributed by atoms with Crippen LogP contribution in [0.1, 0.15) is 17.7 Å². The summed E-state index contributed by atoms with van der Waals surface area (Å²) < 4.78 is 37.2. The zero-order valence-corrected chi connectivity index (χ0v) is 7.65. The van der Waals surface area contributed by atoms with E-state index in [0.717, 1.165) is 6.20 Å². The van der Waals surface area contributed by atoms with Gasteiger partial charge in [-0.3, -0.25) is 0 Å². The fourth-order valence-corrected chi connectivity index (χ4v) is 1.21. The van der Waals surface area contributed by atoms with Gasteiger partial charge < -0.3 is 0 Å². The van der Waals surface area contributed by atoms with E-state index >= 15 is 0 Å². The van der Waals surface area contributed by atoms with Gasteiger partial charge in [0.1, 0.15) is 6.07 Å². The molecule has 0 aliphatic heterocycles. The van der Waals surface area contributed by atoms with E-state index in [1.165, 1.54) is 6.07 Å². The fourth-order valence-electron chi connectivity index (χ4n) is 0.758. The van der Waals surface area contributed by atoms with Crippen LogP contribution in [0.5, 0.6) is 0 Å². The van der Waals surface area contributed by atoms with Crippen LogP contribution in [0, 0.1) is 17.1 Å². The number of pyridine rings is 1. The first kappa shape index (κ1) is 9.99. The van der Waals surface area contributed by atoms with Crippen LogP contribution in [0.15, 0.2) is 10.7 Å². The molecule has 6 heteroatoms. The largest absolute Gasteiger partial charge is 0.267 e. The summed E-state index contributed by atoms with van der Waals surface area (Å²) in [4.78, 5) is 3.32. The van der Waals surface area contributed by atoms with Crippen molar-refractivity contribution in [3.8, 4) is 6.07 Å². The molecule has 0 saturated heterocycles. The first-order chi connectivity index (χ1) is 6.07. The molecule has 0 saturated carbocycles. The van der Waals surface area contributed by atoms with Crippen molar-refractivity contribution >= 4 is 15.9 Å². The smallest absolute Gasteiger partial charge is 0.241 e. The van der Waals surface area contributed by atoms with Crippen LogP contribution in [0.2, 0.25) is 0 Å². The van der Waals surface area contributed by atoms with Crippen molar-refractivity contribution in [2.24, 2.45) is 0 Å². The molecule has 1 rings (SSSR count). The van der Waals surface area contributed by atoms with Crippen molar-refractivity contribution in [3.05, 3.63) is 27.7 Å². The molecule has 0 bridgehead atoms. The Balaban J connectivity index is 3.41. The highest BCUT2D eigenvalue weighted by molar-refractivity contribution is 9.10. The van der Waals surface area contributed by atoms with E-state index in [9.17, 15) is 13.2 Å². The van der Waals surface area contributed by atoms with Crippen LogP contribution in [0.4, 0.5) is 13.2 Å². The molecule has 0 N–H and O–H groups in total. The molecule has 1 heterocycles. The molecule has 2 nitrogen and oxygen atoms in total. The van der Waals surface area contributed by atoms with E-state index in [4.69, 9.17) is 5.26 Å². The van der Waals surface area contributed by atoms with E-state index in [1.54, 1.807) is 0 Å². The zero-order chi connectivity index (χ0) is 10.0. The maximum atomic E-state index is 13.0. The zero-order valence-electron chi connectivity index (χ0n) is 6.06. The molecule has 0 amide bonds. The maximum Gasteiger partial charge on any atom is 0.267 e. The van der Waals surface area contributed by atoms with Crippen molar-refractivity contribution < 1.29 is 13.2 Å². The van der Waals surface area contributed by atoms with Crippen LogP contribution in [-0.2, 0) is 0 Å². The lowest BCUT2D eigenvalue weighted by Crippen LogP contribution is -1.98. The number of halogens is 4. The summed E-state index contributed by atoms with van der Waals surface area (Å²) in [6.45, 7) is 0. The molecule has 1 aromatic heterocycles. The number of nitriles is 1. The van der Waals surface area contributed by atoms with Crippen molar-refractivity contribution in [1.82, 2.24) is 4.98 Å². The Hall–Kier alpha value is -1.09. The number of nitrogens with zero attached hydrogens (tertiary/aromatic N) is 2. The van der Waals surface area contributed by atoms with Gasteiger partial charge in [-0.15, -0.1) is 0 Å². The van der Waals surface area contributed by atoms with Crippen LogP contribution in [0.25, 0.3) is 0 Å². The van der Waals surface area contributed by atoms with Gasteiger partial charge in [-0.1, -0.05) is 0 Å². The summed E-state index contributed by atoms with van der Waals surface area (Å²) in [5.74, 6) is -1.27. The van der Waals surface area contributed by atoms with Gasteiger partial charge in [0.25, 0.3) is 6.43 Å². The SMILES string of the molecule is N#Cc1ncc(Br)c(C(F)F)c1F. The van der Waals surface area contributed by atoms with Crippen molar-refractivity contribution in [2.75, 3.05) is 0 Å². The normalized spacial score (nSPS) is 10.2. The predicted octanol–water partition coefficient (Wildman–Crippen LogP) is 2.79. The lowest BCUT2D eigenvalue weighted by atomic mass is 10.2. The Morgan fingerprint density at radius 2 is 2.15 bits per heavy atom. The van der Waals surface area contributed by atoms with Crippen molar-refractivity contribution in [1.29, 1.82) is 5.26 Å². The molecular weight excluding hydrogens is 249 g/mol. The van der Waals surface area contributed by atoms with Gasteiger partial charge in [0.15, 0.2) is 11.5 Å². The molecular formula is C7H2BrF3N2. The quantitative estimate of drug-likeness (QED) is 0.769. The van der Waals surface area contributed by atoms with Gasteiger partial charge in [0, 0.05) is 10.7 Å². The van der Waals surface area contributed by atoms with E-state index in [-0.39, 0.29) is 4.47 Å². The van der Waals surface area contributed by atoms with Gasteiger partial charge in [-0.25, -0.2) is 18.2 Å². The Morgan fingerprint density at radius 1 is 1.54 bits per heavy atom. The topological polar surface area (TPSA) is 36.7 Å². The van der Waals surface area contributed by atoms with E-state index in [0.29, 0.717) is 0 Å². The molecule has 0 aliphatic rings. The molecule has 1 aromatic rings. The molecule has 0 aromatic carbocycles. The standard InChI is InChI=1S/C7H2BrF3N2/c8-3-2-13-4(1-12)6(9)5(3)7(10)11/h2,7H. The molecule has 0 atom stereocenters. The number of alkyl halides is 2. The van der Waals surface area contributed by atoms with Gasteiger partial charge >= 0.3 is 0 Å². The van der Waals surface area contributed by atoms with E-state index < -0.39 is 23.5 Å². The summed E-state index contributed by atoms with van der Waals surface area (Å²) >= 11 is 2.72. The van der Waals surface area contributed by atoms with E-state index in [1.807, 2.05) is 0 Å². The number of aromatic nitrogens is 1. The molecule has 0 fully saturated rings. The summed E-state index contributed by atoms with van der Waals surface area (Å²) in [5, 5.41) is 8.30. The average molecular weight is 251 g/mol. The lowest BCUT2D eigenvalue weighted by Gasteiger charge is -2.04. The number of rotatable bonds is 1. The van der Waals surface area contributed by atoms with Gasteiger partial charge in [-0.2, -0.15) is 5.26 Å². The van der Waals surface area contributed by atoms with Crippen LogP contribution >= 0.6 is 15.9 Å². The third-order valence-corrected chi connectivity index (χ3v) is 1.96. The third-order valence-electron chi connectivity index (χ3n) is 1.33. The second-order valence-corrected chi connectivity index (χ2v) is 2.95. The molecule has 0 unspecified atom stereocenters. The second kappa shape index (κ2) is 3.75. The lowest BCUT2D eigenvalue weighted by molar-refractivity contribution is 0.145. The average Bonchev–Trinajstić information content (AvgIpc) is 2.04. The summed E-state index contributed by atoms with van der Waals surface area (Å²) in [7, 11) is 0. The minimum Gasteiger partial charge on any atom is -0.241 e. The first-order valence-corrected chi connectivity index (χ1v) is 3.89. The Morgan fingerprint density at radius 3 is 2.62 bits per heavy atom. The predicted molar refractivity (Wildman–Crippen MR) is 41.6 cm³/mol. The van der Waals surface area contributed by atoms with E-state index in [2.05, 4.69) is 20.9 Å². The second-order valence-electron chi connectivity index (χ2n) is 2.09. The minimum atomic E-state index is -2.97. The Bertz CT molecular complexity index is 373. The van der Waals surface area contributed by atoms with Gasteiger partial charge in [0.05, 0.1) is 5.56 Å². The fraction of sp³-hybridized carbons (Fsp3) is 0.143. The first-order valence-electron chi connectivity index (χ1n) is 3.10. The highest BCUT2D eigenvalue weighted by atomic mass is 79.9. The van der Waals surface area contributed by atoms with Crippen LogP contribution < -0.4 is 0 Å². The monoisotopic (exact) mass is 250 g/mol. The number of hydrogen-bond donors (Lipinski definition) is 0.